The zero-order valence-corrected chi connectivity index (χ0v) is 24.9. The molecule has 1 aliphatic rings. The number of carbonyl (C=O) groups is 3. The van der Waals surface area contributed by atoms with E-state index in [1.54, 1.807) is 73.3 Å². The molecular weight excluding hydrogens is 550 g/mol. The largest absolute Gasteiger partial charge is 0.497 e. The van der Waals surface area contributed by atoms with Crippen LogP contribution in [0.25, 0.3) is 0 Å². The minimum atomic E-state index is -0.471. The number of methoxy groups -OCH3 is 1. The Kier molecular flexibility index (Phi) is 10.4. The smallest absolute Gasteiger partial charge is 0.323 e. The van der Waals surface area contributed by atoms with Crippen molar-refractivity contribution in [3.05, 3.63) is 78.4 Å². The number of anilines is 3. The number of ether oxygens (including phenoxy) is 2. The average Bonchev–Trinajstić information content (AvgIpc) is 3.04. The van der Waals surface area contributed by atoms with Crippen molar-refractivity contribution in [1.29, 1.82) is 0 Å². The third-order valence-corrected chi connectivity index (χ3v) is 7.35. The molecule has 4 N–H and O–H groups in total. The second-order valence-electron chi connectivity index (χ2n) is 10.7. The molecule has 1 aliphatic heterocycles. The van der Waals surface area contributed by atoms with E-state index in [-0.39, 0.29) is 37.4 Å². The molecule has 228 valence electrons. The van der Waals surface area contributed by atoms with Gasteiger partial charge in [0.2, 0.25) is 5.91 Å². The van der Waals surface area contributed by atoms with Gasteiger partial charge in [-0.3, -0.25) is 4.79 Å². The number of nitrogens with one attached hydrogen (secondary N) is 3. The number of hydrogen-bond acceptors (Lipinski definition) is 6. The molecule has 11 heteroatoms. The fourth-order valence-corrected chi connectivity index (χ4v) is 4.79. The Labute approximate surface area is 251 Å². The zero-order chi connectivity index (χ0) is 30.9. The van der Waals surface area contributed by atoms with Crippen LogP contribution in [0.15, 0.2) is 72.8 Å². The van der Waals surface area contributed by atoms with Crippen LogP contribution in [0.2, 0.25) is 0 Å². The fraction of sp³-hybridized carbons (Fsp3) is 0.344. The minimum absolute atomic E-state index is 0.0130. The molecule has 0 aliphatic carbocycles. The van der Waals surface area contributed by atoms with Crippen molar-refractivity contribution >= 4 is 35.0 Å². The number of nitrogens with zero attached hydrogens (tertiary/aromatic N) is 2. The lowest BCUT2D eigenvalue weighted by atomic mass is 10.0. The summed E-state index contributed by atoms with van der Waals surface area (Å²) in [5.74, 6) is 0.813. The highest BCUT2D eigenvalue weighted by Crippen LogP contribution is 2.29. The summed E-state index contributed by atoms with van der Waals surface area (Å²) >= 11 is 0. The number of urea groups is 2. The van der Waals surface area contributed by atoms with E-state index in [1.165, 1.54) is 0 Å². The quantitative estimate of drug-likeness (QED) is 0.302. The van der Waals surface area contributed by atoms with Crippen LogP contribution in [0, 0.1) is 5.92 Å². The predicted octanol–water partition coefficient (Wildman–Crippen LogP) is 4.65. The van der Waals surface area contributed by atoms with Gasteiger partial charge in [-0.1, -0.05) is 25.1 Å². The Balaban J connectivity index is 1.54. The Bertz CT molecular complexity index is 1400. The molecule has 43 heavy (non-hydrogen) atoms. The molecule has 1 heterocycles. The summed E-state index contributed by atoms with van der Waals surface area (Å²) in [6.07, 6.45) is -0.458. The van der Waals surface area contributed by atoms with Gasteiger partial charge in [0, 0.05) is 42.1 Å². The topological polar surface area (TPSA) is 132 Å². The molecule has 3 atom stereocenters. The first-order chi connectivity index (χ1) is 20.7. The van der Waals surface area contributed by atoms with Crippen LogP contribution in [-0.2, 0) is 11.2 Å². The molecule has 0 fully saturated rings. The zero-order valence-electron chi connectivity index (χ0n) is 24.9. The van der Waals surface area contributed by atoms with E-state index < -0.39 is 18.2 Å². The van der Waals surface area contributed by atoms with E-state index >= 15 is 0 Å². The summed E-state index contributed by atoms with van der Waals surface area (Å²) in [5.41, 5.74) is 2.33. The van der Waals surface area contributed by atoms with Gasteiger partial charge in [0.1, 0.15) is 17.6 Å². The van der Waals surface area contributed by atoms with E-state index in [1.807, 2.05) is 37.3 Å². The van der Waals surface area contributed by atoms with Crippen LogP contribution in [-0.4, -0.2) is 78.9 Å². The van der Waals surface area contributed by atoms with Crippen molar-refractivity contribution < 1.29 is 29.0 Å². The van der Waals surface area contributed by atoms with E-state index in [4.69, 9.17) is 9.47 Å². The second kappa shape index (κ2) is 14.4. The molecule has 5 amide bonds. The maximum Gasteiger partial charge on any atom is 0.323 e. The Morgan fingerprint density at radius 3 is 2.35 bits per heavy atom. The monoisotopic (exact) mass is 589 g/mol. The summed E-state index contributed by atoms with van der Waals surface area (Å²) in [5, 5.41) is 18.3. The maximum absolute atomic E-state index is 13.5. The number of fused-ring (bicyclic) bond motifs is 1. The molecule has 0 saturated carbocycles. The van der Waals surface area contributed by atoms with Gasteiger partial charge in [-0.05, 0) is 61.5 Å². The SMILES string of the molecule is COc1ccc(NC(=O)Nc2ccc3c(c2)CC(=O)N([C@@H](C)CO)C[C@H](C)[C@@H](CN(C)C(=O)Nc2ccccc2)O3)cc1. The molecule has 3 aromatic carbocycles. The second-order valence-corrected chi connectivity index (χ2v) is 10.7. The van der Waals surface area contributed by atoms with Gasteiger partial charge in [0.15, 0.2) is 0 Å². The van der Waals surface area contributed by atoms with Gasteiger partial charge < -0.3 is 40.3 Å². The predicted molar refractivity (Wildman–Crippen MR) is 166 cm³/mol. The number of hydrogen-bond donors (Lipinski definition) is 4. The summed E-state index contributed by atoms with van der Waals surface area (Å²) < 4.78 is 11.6. The molecule has 0 spiro atoms. The first-order valence-corrected chi connectivity index (χ1v) is 14.2. The number of aliphatic hydroxyl groups is 1. The van der Waals surface area contributed by atoms with Crippen molar-refractivity contribution in [1.82, 2.24) is 9.80 Å². The molecule has 0 unspecified atom stereocenters. The average molecular weight is 590 g/mol. The lowest BCUT2D eigenvalue weighted by Crippen LogP contribution is -2.48. The molecular formula is C32H39N5O6. The normalized spacial score (nSPS) is 17.2. The number of rotatable bonds is 8. The fourth-order valence-electron chi connectivity index (χ4n) is 4.79. The molecule has 11 nitrogen and oxygen atoms in total. The highest BCUT2D eigenvalue weighted by molar-refractivity contribution is 6.00. The minimum Gasteiger partial charge on any atom is -0.497 e. The van der Waals surface area contributed by atoms with Crippen LogP contribution in [0.3, 0.4) is 0 Å². The first kappa shape index (κ1) is 31.2. The van der Waals surface area contributed by atoms with E-state index in [9.17, 15) is 19.5 Å². The highest BCUT2D eigenvalue weighted by atomic mass is 16.5. The number of benzene rings is 3. The van der Waals surface area contributed by atoms with Crippen LogP contribution >= 0.6 is 0 Å². The molecule has 0 bridgehead atoms. The maximum atomic E-state index is 13.5. The van der Waals surface area contributed by atoms with Crippen molar-refractivity contribution in [2.24, 2.45) is 5.92 Å². The van der Waals surface area contributed by atoms with E-state index in [2.05, 4.69) is 16.0 Å². The van der Waals surface area contributed by atoms with Gasteiger partial charge in [-0.25, -0.2) is 9.59 Å². The summed E-state index contributed by atoms with van der Waals surface area (Å²) in [6, 6.07) is 20.1. The third kappa shape index (κ3) is 8.39. The number of likely N-dealkylation sites (N-methyl/N-ethyl adjacent to an activating group) is 1. The number of amides is 5. The van der Waals surface area contributed by atoms with Crippen LogP contribution < -0.4 is 25.4 Å². The summed E-state index contributed by atoms with van der Waals surface area (Å²) in [7, 11) is 3.26. The molecule has 0 saturated heterocycles. The van der Waals surface area contributed by atoms with Gasteiger partial charge >= 0.3 is 12.1 Å². The number of para-hydroxylation sites is 1. The molecule has 3 aromatic rings. The van der Waals surface area contributed by atoms with Crippen molar-refractivity contribution in [3.8, 4) is 11.5 Å². The van der Waals surface area contributed by atoms with Gasteiger partial charge in [-0.15, -0.1) is 0 Å². The summed E-state index contributed by atoms with van der Waals surface area (Å²) in [4.78, 5) is 42.3. The standard InChI is InChI=1S/C32H39N5O6/c1-21-18-37(22(2)20-38)30(39)17-23-16-26(34-31(40)33-25-10-13-27(42-4)14-11-25)12-15-28(23)43-29(21)19-36(3)32(41)35-24-8-6-5-7-9-24/h5-16,21-22,29,38H,17-20H2,1-4H3,(H,35,41)(H2,33,34,40)/t21-,22-,29+/m0/s1. The van der Waals surface area contributed by atoms with E-state index in [0.717, 1.165) is 0 Å². The van der Waals surface area contributed by atoms with Gasteiger partial charge in [0.05, 0.1) is 32.7 Å². The third-order valence-electron chi connectivity index (χ3n) is 7.35. The van der Waals surface area contributed by atoms with Crippen molar-refractivity contribution in [3.63, 3.8) is 0 Å². The van der Waals surface area contributed by atoms with E-state index in [0.29, 0.717) is 40.7 Å². The Morgan fingerprint density at radius 1 is 1.02 bits per heavy atom. The Morgan fingerprint density at radius 2 is 1.67 bits per heavy atom. The van der Waals surface area contributed by atoms with Crippen molar-refractivity contribution in [2.75, 3.05) is 49.8 Å². The van der Waals surface area contributed by atoms with Crippen molar-refractivity contribution in [2.45, 2.75) is 32.4 Å². The van der Waals surface area contributed by atoms with Gasteiger partial charge in [0.25, 0.3) is 0 Å². The van der Waals surface area contributed by atoms with Crippen LogP contribution in [0.5, 0.6) is 11.5 Å². The molecule has 0 radical (unpaired) electrons. The molecule has 4 rings (SSSR count). The Hall–Kier alpha value is -4.77. The number of carbonyl (C=O) groups excluding carboxylic acids is 3. The molecule has 0 aromatic heterocycles. The lowest BCUT2D eigenvalue weighted by Gasteiger charge is -2.34. The summed E-state index contributed by atoms with van der Waals surface area (Å²) in [6.45, 7) is 4.15. The first-order valence-electron chi connectivity index (χ1n) is 14.2. The van der Waals surface area contributed by atoms with Gasteiger partial charge in [-0.2, -0.15) is 0 Å². The van der Waals surface area contributed by atoms with Crippen LogP contribution in [0.1, 0.15) is 19.4 Å². The van der Waals surface area contributed by atoms with Crippen LogP contribution in [0.4, 0.5) is 26.7 Å². The number of aliphatic hydroxyl groups excluding tert-OH is 1. The lowest BCUT2D eigenvalue weighted by molar-refractivity contribution is -0.134. The highest BCUT2D eigenvalue weighted by Gasteiger charge is 2.32.